The number of ether oxygens (including phenoxy) is 1. The van der Waals surface area contributed by atoms with Crippen molar-refractivity contribution in [3.63, 3.8) is 0 Å². The maximum absolute atomic E-state index is 12.5. The van der Waals surface area contributed by atoms with Crippen molar-refractivity contribution >= 4 is 17.2 Å². The zero-order valence-electron chi connectivity index (χ0n) is 15.3. The lowest BCUT2D eigenvalue weighted by Gasteiger charge is -2.29. The van der Waals surface area contributed by atoms with Gasteiger partial charge in [0.15, 0.2) is 0 Å². The third-order valence-electron chi connectivity index (χ3n) is 5.04. The number of nitrogens with one attached hydrogen (secondary N) is 1. The Morgan fingerprint density at radius 1 is 1.24 bits per heavy atom. The fourth-order valence-electron chi connectivity index (χ4n) is 3.36. The average molecular weight is 358 g/mol. The molecule has 1 fully saturated rings. The van der Waals surface area contributed by atoms with E-state index in [-0.39, 0.29) is 5.91 Å². The second kappa shape index (κ2) is 8.05. The maximum atomic E-state index is 12.5. The minimum absolute atomic E-state index is 0.0572. The van der Waals surface area contributed by atoms with E-state index in [9.17, 15) is 4.79 Å². The van der Waals surface area contributed by atoms with E-state index < -0.39 is 0 Å². The number of rotatable bonds is 5. The number of hydrogen-bond donors (Lipinski definition) is 1. The van der Waals surface area contributed by atoms with Crippen LogP contribution in [-0.2, 0) is 6.61 Å². The van der Waals surface area contributed by atoms with Crippen molar-refractivity contribution in [2.45, 2.75) is 59.1 Å². The summed E-state index contributed by atoms with van der Waals surface area (Å²) in [4.78, 5) is 13.3. The number of hydrogen-bond acceptors (Lipinski definition) is 3. The van der Waals surface area contributed by atoms with Gasteiger partial charge in [-0.1, -0.05) is 31.9 Å². The molecule has 1 heterocycles. The molecule has 2 unspecified atom stereocenters. The fourth-order valence-corrected chi connectivity index (χ4v) is 4.16. The maximum Gasteiger partial charge on any atom is 0.261 e. The molecular formula is C21H27NO2S. The number of carbonyl (C=O) groups is 1. The van der Waals surface area contributed by atoms with E-state index in [4.69, 9.17) is 4.74 Å². The quantitative estimate of drug-likeness (QED) is 0.793. The lowest BCUT2D eigenvalue weighted by Crippen LogP contribution is -2.40. The highest BCUT2D eigenvalue weighted by Crippen LogP contribution is 2.25. The average Bonchev–Trinajstić information content (AvgIpc) is 3.07. The first-order chi connectivity index (χ1) is 12.0. The molecule has 134 valence electrons. The van der Waals surface area contributed by atoms with Crippen molar-refractivity contribution in [1.29, 1.82) is 0 Å². The van der Waals surface area contributed by atoms with Crippen LogP contribution in [0.15, 0.2) is 29.6 Å². The topological polar surface area (TPSA) is 38.3 Å². The molecule has 1 saturated carbocycles. The van der Waals surface area contributed by atoms with Crippen molar-refractivity contribution in [3.8, 4) is 5.75 Å². The number of thiophene rings is 1. The van der Waals surface area contributed by atoms with E-state index in [1.807, 2.05) is 18.4 Å². The smallest absolute Gasteiger partial charge is 0.261 e. The highest BCUT2D eigenvalue weighted by molar-refractivity contribution is 7.12. The van der Waals surface area contributed by atoms with E-state index in [0.717, 1.165) is 28.2 Å². The Labute approximate surface area is 154 Å². The van der Waals surface area contributed by atoms with Crippen LogP contribution in [0, 0.1) is 19.8 Å². The predicted octanol–water partition coefficient (Wildman–Crippen LogP) is 5.25. The van der Waals surface area contributed by atoms with Gasteiger partial charge in [-0.15, -0.1) is 11.3 Å². The van der Waals surface area contributed by atoms with Gasteiger partial charge < -0.3 is 10.1 Å². The van der Waals surface area contributed by atoms with Gasteiger partial charge in [0.25, 0.3) is 5.91 Å². The highest BCUT2D eigenvalue weighted by atomic mass is 32.1. The van der Waals surface area contributed by atoms with Crippen LogP contribution in [0.1, 0.15) is 59.0 Å². The minimum Gasteiger partial charge on any atom is -0.489 e. The van der Waals surface area contributed by atoms with E-state index in [0.29, 0.717) is 18.6 Å². The molecule has 1 aliphatic carbocycles. The first-order valence-corrected chi connectivity index (χ1v) is 9.99. The molecule has 25 heavy (non-hydrogen) atoms. The summed E-state index contributed by atoms with van der Waals surface area (Å²) in [6.07, 6.45) is 4.81. The number of amides is 1. The van der Waals surface area contributed by atoms with Gasteiger partial charge in [0.05, 0.1) is 4.88 Å². The zero-order valence-corrected chi connectivity index (χ0v) is 16.1. The molecule has 0 saturated heterocycles. The monoisotopic (exact) mass is 357 g/mol. The van der Waals surface area contributed by atoms with Gasteiger partial charge in [-0.3, -0.25) is 4.79 Å². The lowest BCUT2D eigenvalue weighted by molar-refractivity contribution is 0.0914. The molecule has 2 atom stereocenters. The number of carbonyl (C=O) groups excluding carboxylic acids is 1. The second-order valence-corrected chi connectivity index (χ2v) is 8.13. The standard InChI is InChI=1S/C21H27NO2S/c1-14-8-9-16(3)19(10-14)24-12-17-11-20(25-13-17)21(23)22-18-7-5-4-6-15(18)2/h8-11,13,15,18H,4-7,12H2,1-3H3,(H,22,23). The summed E-state index contributed by atoms with van der Waals surface area (Å²) >= 11 is 1.50. The Balaban J connectivity index is 1.58. The van der Waals surface area contributed by atoms with Crippen LogP contribution in [-0.4, -0.2) is 11.9 Å². The molecular weight excluding hydrogens is 330 g/mol. The van der Waals surface area contributed by atoms with Crippen molar-refractivity contribution < 1.29 is 9.53 Å². The van der Waals surface area contributed by atoms with E-state index in [2.05, 4.69) is 37.4 Å². The van der Waals surface area contributed by atoms with Gasteiger partial charge in [-0.2, -0.15) is 0 Å². The van der Waals surface area contributed by atoms with E-state index in [1.54, 1.807) is 0 Å². The first-order valence-electron chi connectivity index (χ1n) is 9.11. The minimum atomic E-state index is 0.0572. The van der Waals surface area contributed by atoms with Crippen LogP contribution in [0.25, 0.3) is 0 Å². The van der Waals surface area contributed by atoms with Gasteiger partial charge >= 0.3 is 0 Å². The highest BCUT2D eigenvalue weighted by Gasteiger charge is 2.23. The summed E-state index contributed by atoms with van der Waals surface area (Å²) in [7, 11) is 0. The molecule has 1 aliphatic rings. The fraction of sp³-hybridized carbons (Fsp3) is 0.476. The molecule has 1 aromatic carbocycles. The lowest BCUT2D eigenvalue weighted by atomic mass is 9.86. The van der Waals surface area contributed by atoms with Gasteiger partial charge in [-0.05, 0) is 61.2 Å². The van der Waals surface area contributed by atoms with Gasteiger partial charge in [-0.25, -0.2) is 0 Å². The second-order valence-electron chi connectivity index (χ2n) is 7.22. The summed E-state index contributed by atoms with van der Waals surface area (Å²) < 4.78 is 5.94. The Bertz CT molecular complexity index is 737. The van der Waals surface area contributed by atoms with E-state index in [1.165, 1.54) is 36.2 Å². The van der Waals surface area contributed by atoms with Gasteiger partial charge in [0.2, 0.25) is 0 Å². The Hall–Kier alpha value is -1.81. The van der Waals surface area contributed by atoms with Crippen LogP contribution >= 0.6 is 11.3 Å². The Morgan fingerprint density at radius 2 is 2.04 bits per heavy atom. The number of aryl methyl sites for hydroxylation is 2. The van der Waals surface area contributed by atoms with Crippen LogP contribution in [0.2, 0.25) is 0 Å². The molecule has 1 amide bonds. The Morgan fingerprint density at radius 3 is 2.84 bits per heavy atom. The molecule has 1 N–H and O–H groups in total. The molecule has 4 heteroatoms. The van der Waals surface area contributed by atoms with Crippen molar-refractivity contribution in [2.24, 2.45) is 5.92 Å². The molecule has 0 bridgehead atoms. The molecule has 3 nitrogen and oxygen atoms in total. The SMILES string of the molecule is Cc1ccc(C)c(OCc2csc(C(=O)NC3CCCCC3C)c2)c1. The van der Waals surface area contributed by atoms with Crippen LogP contribution in [0.3, 0.4) is 0 Å². The summed E-state index contributed by atoms with van der Waals surface area (Å²) in [5.74, 6) is 1.54. The molecule has 0 radical (unpaired) electrons. The third-order valence-corrected chi connectivity index (χ3v) is 6.02. The summed E-state index contributed by atoms with van der Waals surface area (Å²) in [5, 5.41) is 5.24. The van der Waals surface area contributed by atoms with E-state index >= 15 is 0 Å². The van der Waals surface area contributed by atoms with Crippen molar-refractivity contribution in [2.75, 3.05) is 0 Å². The van der Waals surface area contributed by atoms with Crippen molar-refractivity contribution in [1.82, 2.24) is 5.32 Å². The zero-order chi connectivity index (χ0) is 17.8. The molecule has 3 rings (SSSR count). The molecule has 0 spiro atoms. The normalized spacial score (nSPS) is 20.3. The predicted molar refractivity (Wildman–Crippen MR) is 103 cm³/mol. The van der Waals surface area contributed by atoms with Crippen LogP contribution in [0.5, 0.6) is 5.75 Å². The van der Waals surface area contributed by atoms with Crippen molar-refractivity contribution in [3.05, 3.63) is 51.2 Å². The van der Waals surface area contributed by atoms with Gasteiger partial charge in [0, 0.05) is 11.6 Å². The summed E-state index contributed by atoms with van der Waals surface area (Å²) in [6.45, 7) is 6.84. The number of benzene rings is 1. The Kier molecular flexibility index (Phi) is 5.79. The third kappa shape index (κ3) is 4.63. The van der Waals surface area contributed by atoms with Gasteiger partial charge in [0.1, 0.15) is 12.4 Å². The molecule has 2 aromatic rings. The van der Waals surface area contributed by atoms with Crippen LogP contribution in [0.4, 0.5) is 0 Å². The first kappa shape index (κ1) is 18.0. The largest absolute Gasteiger partial charge is 0.489 e. The molecule has 0 aliphatic heterocycles. The summed E-state index contributed by atoms with van der Waals surface area (Å²) in [5.41, 5.74) is 3.37. The summed E-state index contributed by atoms with van der Waals surface area (Å²) in [6, 6.07) is 8.49. The molecule has 1 aromatic heterocycles. The van der Waals surface area contributed by atoms with Crippen LogP contribution < -0.4 is 10.1 Å².